The van der Waals surface area contributed by atoms with Crippen molar-refractivity contribution in [3.05, 3.63) is 54.7 Å². The number of aromatic amines is 2. The minimum atomic E-state index is 0.317. The van der Waals surface area contributed by atoms with Gasteiger partial charge in [-0.2, -0.15) is 5.10 Å². The van der Waals surface area contributed by atoms with E-state index >= 15 is 0 Å². The second-order valence-corrected chi connectivity index (χ2v) is 6.63. The molecule has 4 heterocycles. The fourth-order valence-corrected chi connectivity index (χ4v) is 3.68. The van der Waals surface area contributed by atoms with Gasteiger partial charge in [0.15, 0.2) is 5.82 Å². The van der Waals surface area contributed by atoms with Crippen LogP contribution in [-0.4, -0.2) is 43.2 Å². The number of benzene rings is 1. The Bertz CT molecular complexity index is 1020. The predicted molar refractivity (Wildman–Crippen MR) is 99.9 cm³/mol. The zero-order valence-electron chi connectivity index (χ0n) is 14.3. The quantitative estimate of drug-likeness (QED) is 0.596. The highest BCUT2D eigenvalue weighted by atomic mass is 15.2. The Balaban J connectivity index is 1.41. The van der Waals surface area contributed by atoms with Crippen LogP contribution in [0.1, 0.15) is 24.6 Å². The van der Waals surface area contributed by atoms with Gasteiger partial charge in [0, 0.05) is 30.8 Å². The lowest BCUT2D eigenvalue weighted by Gasteiger charge is -2.32. The van der Waals surface area contributed by atoms with Gasteiger partial charge in [-0.3, -0.25) is 5.10 Å². The van der Waals surface area contributed by atoms with Crippen LogP contribution in [0.5, 0.6) is 0 Å². The van der Waals surface area contributed by atoms with Crippen molar-refractivity contribution in [1.82, 2.24) is 30.1 Å². The number of H-pyrrole nitrogens is 2. The van der Waals surface area contributed by atoms with Crippen LogP contribution >= 0.6 is 0 Å². The van der Waals surface area contributed by atoms with E-state index < -0.39 is 0 Å². The molecule has 26 heavy (non-hydrogen) atoms. The SMILES string of the molecule is c1ccc(-c2n[nH]c(C3CCCN(c4ncnc5[nH]ccc45)C3)n2)cc1. The molecule has 1 saturated heterocycles. The predicted octanol–water partition coefficient (Wildman–Crippen LogP) is 3.13. The topological polar surface area (TPSA) is 86.4 Å². The lowest BCUT2D eigenvalue weighted by molar-refractivity contribution is 0.490. The van der Waals surface area contributed by atoms with Crippen molar-refractivity contribution in [3.63, 3.8) is 0 Å². The number of hydrogen-bond donors (Lipinski definition) is 2. The van der Waals surface area contributed by atoms with E-state index in [-0.39, 0.29) is 0 Å². The van der Waals surface area contributed by atoms with E-state index in [4.69, 9.17) is 4.98 Å². The molecule has 0 bridgehead atoms. The van der Waals surface area contributed by atoms with Crippen LogP contribution < -0.4 is 4.90 Å². The van der Waals surface area contributed by atoms with Crippen LogP contribution in [0.15, 0.2) is 48.9 Å². The van der Waals surface area contributed by atoms with Crippen molar-refractivity contribution >= 4 is 16.9 Å². The highest BCUT2D eigenvalue weighted by molar-refractivity contribution is 5.87. The number of fused-ring (bicyclic) bond motifs is 1. The number of aromatic nitrogens is 6. The van der Waals surface area contributed by atoms with Crippen LogP contribution in [0, 0.1) is 0 Å². The van der Waals surface area contributed by atoms with Crippen molar-refractivity contribution in [3.8, 4) is 11.4 Å². The monoisotopic (exact) mass is 345 g/mol. The molecule has 1 aliphatic rings. The van der Waals surface area contributed by atoms with Gasteiger partial charge >= 0.3 is 0 Å². The number of hydrogen-bond acceptors (Lipinski definition) is 5. The molecular formula is C19H19N7. The summed E-state index contributed by atoms with van der Waals surface area (Å²) in [5, 5.41) is 8.63. The number of rotatable bonds is 3. The van der Waals surface area contributed by atoms with E-state index in [1.807, 2.05) is 42.6 Å². The molecule has 7 nitrogen and oxygen atoms in total. The van der Waals surface area contributed by atoms with Crippen molar-refractivity contribution in [2.45, 2.75) is 18.8 Å². The molecule has 5 rings (SSSR count). The smallest absolute Gasteiger partial charge is 0.181 e. The summed E-state index contributed by atoms with van der Waals surface area (Å²) in [5.74, 6) is 3.02. The van der Waals surface area contributed by atoms with Crippen molar-refractivity contribution in [2.75, 3.05) is 18.0 Å². The summed E-state index contributed by atoms with van der Waals surface area (Å²) in [7, 11) is 0. The van der Waals surface area contributed by atoms with Crippen molar-refractivity contribution < 1.29 is 0 Å². The molecule has 1 aliphatic heterocycles. The van der Waals surface area contributed by atoms with Gasteiger partial charge in [0.2, 0.25) is 0 Å². The summed E-state index contributed by atoms with van der Waals surface area (Å²) in [6.45, 7) is 1.87. The summed E-state index contributed by atoms with van der Waals surface area (Å²) in [5.41, 5.74) is 1.91. The molecule has 0 aliphatic carbocycles. The Morgan fingerprint density at radius 3 is 2.92 bits per heavy atom. The highest BCUT2D eigenvalue weighted by Crippen LogP contribution is 2.31. The third-order valence-electron chi connectivity index (χ3n) is 4.98. The normalized spacial score (nSPS) is 17.7. The summed E-state index contributed by atoms with van der Waals surface area (Å²) in [6, 6.07) is 12.1. The first-order valence-corrected chi connectivity index (χ1v) is 8.89. The Labute approximate surface area is 150 Å². The van der Waals surface area contributed by atoms with Crippen LogP contribution in [0.25, 0.3) is 22.4 Å². The van der Waals surface area contributed by atoms with Gasteiger partial charge in [-0.1, -0.05) is 30.3 Å². The second-order valence-electron chi connectivity index (χ2n) is 6.63. The fraction of sp³-hybridized carbons (Fsp3) is 0.263. The zero-order valence-corrected chi connectivity index (χ0v) is 14.3. The van der Waals surface area contributed by atoms with Gasteiger partial charge in [-0.05, 0) is 18.9 Å². The molecule has 1 atom stereocenters. The average molecular weight is 345 g/mol. The molecule has 1 unspecified atom stereocenters. The van der Waals surface area contributed by atoms with Gasteiger partial charge in [0.05, 0.1) is 5.39 Å². The molecule has 1 aromatic carbocycles. The largest absolute Gasteiger partial charge is 0.355 e. The van der Waals surface area contributed by atoms with Gasteiger partial charge in [0.25, 0.3) is 0 Å². The Morgan fingerprint density at radius 2 is 2.00 bits per heavy atom. The first kappa shape index (κ1) is 15.1. The third kappa shape index (κ3) is 2.61. The molecule has 3 aromatic heterocycles. The molecule has 2 N–H and O–H groups in total. The fourth-order valence-electron chi connectivity index (χ4n) is 3.68. The van der Waals surface area contributed by atoms with Gasteiger partial charge in [-0.15, -0.1) is 0 Å². The maximum Gasteiger partial charge on any atom is 0.181 e. The van der Waals surface area contributed by atoms with E-state index in [9.17, 15) is 0 Å². The molecule has 7 heteroatoms. The van der Waals surface area contributed by atoms with E-state index in [0.717, 1.165) is 60.0 Å². The summed E-state index contributed by atoms with van der Waals surface area (Å²) >= 11 is 0. The van der Waals surface area contributed by atoms with Crippen LogP contribution in [-0.2, 0) is 0 Å². The maximum atomic E-state index is 4.75. The van der Waals surface area contributed by atoms with E-state index in [0.29, 0.717) is 5.92 Å². The molecule has 130 valence electrons. The Hall–Kier alpha value is -3.22. The Kier molecular flexibility index (Phi) is 3.62. The molecule has 1 fully saturated rings. The minimum Gasteiger partial charge on any atom is -0.355 e. The molecule has 0 spiro atoms. The van der Waals surface area contributed by atoms with Gasteiger partial charge in [-0.25, -0.2) is 15.0 Å². The summed E-state index contributed by atoms with van der Waals surface area (Å²) < 4.78 is 0. The van der Waals surface area contributed by atoms with Gasteiger partial charge < -0.3 is 9.88 Å². The van der Waals surface area contributed by atoms with Crippen molar-refractivity contribution in [1.29, 1.82) is 0 Å². The van der Waals surface area contributed by atoms with Crippen LogP contribution in [0.2, 0.25) is 0 Å². The van der Waals surface area contributed by atoms with Crippen LogP contribution in [0.3, 0.4) is 0 Å². The maximum absolute atomic E-state index is 4.75. The minimum absolute atomic E-state index is 0.317. The van der Waals surface area contributed by atoms with Gasteiger partial charge in [0.1, 0.15) is 23.6 Å². The second kappa shape index (κ2) is 6.25. The molecule has 0 radical (unpaired) electrons. The first-order valence-electron chi connectivity index (χ1n) is 8.89. The number of nitrogens with zero attached hydrogens (tertiary/aromatic N) is 5. The molecule has 0 saturated carbocycles. The number of piperidine rings is 1. The summed E-state index contributed by atoms with van der Waals surface area (Å²) in [6.07, 6.45) is 5.73. The molecule has 0 amide bonds. The van der Waals surface area contributed by atoms with Crippen LogP contribution in [0.4, 0.5) is 5.82 Å². The first-order chi connectivity index (χ1) is 12.9. The average Bonchev–Trinajstić information content (AvgIpc) is 3.38. The Morgan fingerprint density at radius 1 is 1.08 bits per heavy atom. The summed E-state index contributed by atoms with van der Waals surface area (Å²) in [4.78, 5) is 19.1. The van der Waals surface area contributed by atoms with Crippen molar-refractivity contribution in [2.24, 2.45) is 0 Å². The van der Waals surface area contributed by atoms with E-state index in [1.165, 1.54) is 0 Å². The zero-order chi connectivity index (χ0) is 17.3. The third-order valence-corrected chi connectivity index (χ3v) is 4.98. The molecular weight excluding hydrogens is 326 g/mol. The number of nitrogens with one attached hydrogen (secondary N) is 2. The lowest BCUT2D eigenvalue weighted by Crippen LogP contribution is -2.35. The highest BCUT2D eigenvalue weighted by Gasteiger charge is 2.26. The van der Waals surface area contributed by atoms with E-state index in [2.05, 4.69) is 30.0 Å². The standard InChI is InChI=1S/C19H19N7/c1-2-5-13(6-3-1)16-23-17(25-24-16)14-7-4-10-26(11-14)19-15-8-9-20-18(15)21-12-22-19/h1-3,5-6,8-9,12,14H,4,7,10-11H2,(H,20,21,22)(H,23,24,25). The lowest BCUT2D eigenvalue weighted by atomic mass is 9.97. The number of anilines is 1. The van der Waals surface area contributed by atoms with E-state index in [1.54, 1.807) is 6.33 Å². The molecule has 4 aromatic rings.